The molecule has 2 amide bonds. The van der Waals surface area contributed by atoms with Gasteiger partial charge in [-0.3, -0.25) is 18.9 Å². The average Bonchev–Trinajstić information content (AvgIpc) is 3.14. The van der Waals surface area contributed by atoms with Crippen molar-refractivity contribution in [1.29, 1.82) is 0 Å². The largest absolute Gasteiger partial charge is 0.444 e. The molecule has 2 atom stereocenters. The molecule has 16 nitrogen and oxygen atoms in total. The van der Waals surface area contributed by atoms with E-state index in [2.05, 4.69) is 16.5 Å². The molecule has 4 N–H and O–H groups in total. The molecule has 236 valence electrons. The number of rotatable bonds is 13. The topological polar surface area (TPSA) is 196 Å². The van der Waals surface area contributed by atoms with Gasteiger partial charge in [-0.15, -0.1) is 6.58 Å². The van der Waals surface area contributed by atoms with E-state index in [1.54, 1.807) is 41.5 Å². The number of nitrogens with one attached hydrogen (secondary N) is 1. The number of aliphatic hydroxyl groups excluding tert-OH is 1. The van der Waals surface area contributed by atoms with Crippen molar-refractivity contribution in [3.8, 4) is 0 Å². The molecule has 2 aromatic heterocycles. The maximum absolute atomic E-state index is 13.5. The van der Waals surface area contributed by atoms with Crippen molar-refractivity contribution < 1.29 is 33.6 Å². The number of carbonyl (C=O) groups is 2. The molecule has 0 aliphatic heterocycles. The molecule has 2 heterocycles. The SMILES string of the molecule is C=CCn1c(=O)n(C(COC(C)(C)OC)C(O)OC(=O)N(C)CCN(CC)C(=O)OC(C)(C)C)c2nc(N)[nH]c(=O)c21. The number of anilines is 1. The van der Waals surface area contributed by atoms with Crippen molar-refractivity contribution >= 4 is 29.3 Å². The molecule has 0 aliphatic carbocycles. The van der Waals surface area contributed by atoms with Gasteiger partial charge in [-0.25, -0.2) is 14.4 Å². The standard InChI is InChI=1S/C26H43N7O9/c1-10-12-32-17-18(28-21(27)29-19(17)34)33(22(32)36)16(15-40-26(6,7)39-9)20(35)41-23(37)30(8)13-14-31(11-2)24(38)42-25(3,4)5/h10,16,20,35H,1,11-15H2,2-9H3,(H3,27,28,29,34). The highest BCUT2D eigenvalue weighted by atomic mass is 16.7. The third-order valence-corrected chi connectivity index (χ3v) is 6.17. The Morgan fingerprint density at radius 2 is 1.83 bits per heavy atom. The van der Waals surface area contributed by atoms with Crippen LogP contribution >= 0.6 is 0 Å². The highest BCUT2D eigenvalue weighted by Crippen LogP contribution is 2.22. The Morgan fingerprint density at radius 3 is 2.38 bits per heavy atom. The van der Waals surface area contributed by atoms with E-state index < -0.39 is 53.8 Å². The van der Waals surface area contributed by atoms with Gasteiger partial charge in [0.25, 0.3) is 5.56 Å². The van der Waals surface area contributed by atoms with E-state index in [1.807, 2.05) is 0 Å². The Labute approximate surface area is 243 Å². The second-order valence-electron chi connectivity index (χ2n) is 10.9. The zero-order valence-electron chi connectivity index (χ0n) is 25.5. The van der Waals surface area contributed by atoms with Crippen LogP contribution in [0.25, 0.3) is 11.2 Å². The number of ether oxygens (including phenoxy) is 4. The Balaban J connectivity index is 2.39. The lowest BCUT2D eigenvalue weighted by atomic mass is 10.2. The second-order valence-corrected chi connectivity index (χ2v) is 10.9. The molecule has 0 radical (unpaired) electrons. The maximum Gasteiger partial charge on any atom is 0.411 e. The number of aromatic nitrogens is 4. The molecule has 16 heteroatoms. The van der Waals surface area contributed by atoms with Crippen LogP contribution in [0.1, 0.15) is 47.6 Å². The number of fused-ring (bicyclic) bond motifs is 1. The molecule has 0 saturated heterocycles. The number of nitrogens with two attached hydrogens (primary N) is 1. The molecular formula is C26H43N7O9. The molecule has 2 unspecified atom stereocenters. The number of nitrogen functional groups attached to an aromatic ring is 1. The van der Waals surface area contributed by atoms with Crippen LogP contribution in [-0.4, -0.2) is 104 Å². The Hall–Kier alpha value is -3.89. The van der Waals surface area contributed by atoms with E-state index in [0.717, 1.165) is 14.0 Å². The van der Waals surface area contributed by atoms with Crippen molar-refractivity contribution in [1.82, 2.24) is 28.9 Å². The summed E-state index contributed by atoms with van der Waals surface area (Å²) < 4.78 is 23.8. The molecule has 0 spiro atoms. The van der Waals surface area contributed by atoms with Crippen molar-refractivity contribution in [2.24, 2.45) is 0 Å². The first-order chi connectivity index (χ1) is 19.5. The molecule has 0 aromatic carbocycles. The van der Waals surface area contributed by atoms with Crippen molar-refractivity contribution in [2.45, 2.75) is 71.8 Å². The lowest BCUT2D eigenvalue weighted by Gasteiger charge is -2.30. The van der Waals surface area contributed by atoms with Crippen LogP contribution in [-0.2, 0) is 25.5 Å². The number of imidazole rings is 1. The van der Waals surface area contributed by atoms with Crippen LogP contribution < -0.4 is 17.0 Å². The fourth-order valence-electron chi connectivity index (χ4n) is 3.77. The predicted molar refractivity (Wildman–Crippen MR) is 154 cm³/mol. The minimum absolute atomic E-state index is 0.0442. The van der Waals surface area contributed by atoms with Gasteiger partial charge in [0.15, 0.2) is 17.0 Å². The molecule has 2 aromatic rings. The molecule has 0 fully saturated rings. The van der Waals surface area contributed by atoms with Gasteiger partial charge >= 0.3 is 17.9 Å². The number of likely N-dealkylation sites (N-methyl/N-ethyl adjacent to an activating group) is 2. The molecule has 0 bridgehead atoms. The van der Waals surface area contributed by atoms with Crippen molar-refractivity contribution in [3.63, 3.8) is 0 Å². The van der Waals surface area contributed by atoms with Crippen LogP contribution in [0.3, 0.4) is 0 Å². The Morgan fingerprint density at radius 1 is 1.19 bits per heavy atom. The average molecular weight is 598 g/mol. The lowest BCUT2D eigenvalue weighted by Crippen LogP contribution is -2.44. The van der Waals surface area contributed by atoms with Gasteiger partial charge in [0.1, 0.15) is 11.6 Å². The fourth-order valence-corrected chi connectivity index (χ4v) is 3.77. The first-order valence-electron chi connectivity index (χ1n) is 13.3. The summed E-state index contributed by atoms with van der Waals surface area (Å²) in [6.45, 7) is 13.9. The highest BCUT2D eigenvalue weighted by molar-refractivity contribution is 5.72. The smallest absolute Gasteiger partial charge is 0.411 e. The molecule has 2 rings (SSSR count). The van der Waals surface area contributed by atoms with Gasteiger partial charge in [0.05, 0.1) is 6.61 Å². The summed E-state index contributed by atoms with van der Waals surface area (Å²) in [5.41, 5.74) is 3.34. The third kappa shape index (κ3) is 8.56. The van der Waals surface area contributed by atoms with Crippen molar-refractivity contribution in [3.05, 3.63) is 33.5 Å². The highest BCUT2D eigenvalue weighted by Gasteiger charge is 2.34. The molecule has 0 saturated carbocycles. The number of hydrogen-bond donors (Lipinski definition) is 3. The predicted octanol–water partition coefficient (Wildman–Crippen LogP) is 1.24. The fraction of sp³-hybridized carbons (Fsp3) is 0.654. The Kier molecular flexibility index (Phi) is 11.3. The number of hydrogen-bond acceptors (Lipinski definition) is 11. The lowest BCUT2D eigenvalue weighted by molar-refractivity contribution is -0.215. The van der Waals surface area contributed by atoms with Gasteiger partial charge in [0.2, 0.25) is 12.2 Å². The van der Waals surface area contributed by atoms with E-state index in [1.165, 1.54) is 25.1 Å². The van der Waals surface area contributed by atoms with E-state index in [4.69, 9.17) is 24.7 Å². The van der Waals surface area contributed by atoms with E-state index in [0.29, 0.717) is 6.54 Å². The number of methoxy groups -OCH3 is 1. The number of aromatic amines is 1. The van der Waals surface area contributed by atoms with E-state index in [-0.39, 0.29) is 36.7 Å². The van der Waals surface area contributed by atoms with Gasteiger partial charge in [-0.1, -0.05) is 6.08 Å². The summed E-state index contributed by atoms with van der Waals surface area (Å²) in [6, 6.07) is -1.39. The zero-order chi connectivity index (χ0) is 32.0. The zero-order valence-corrected chi connectivity index (χ0v) is 25.5. The van der Waals surface area contributed by atoms with Crippen LogP contribution in [0.4, 0.5) is 15.5 Å². The summed E-state index contributed by atoms with van der Waals surface area (Å²) in [5, 5.41) is 11.1. The van der Waals surface area contributed by atoms with Gasteiger partial charge in [0, 0.05) is 40.3 Å². The molecule has 42 heavy (non-hydrogen) atoms. The summed E-state index contributed by atoms with van der Waals surface area (Å²) in [4.78, 5) is 60.7. The minimum atomic E-state index is -1.96. The molecular weight excluding hydrogens is 554 g/mol. The first-order valence-corrected chi connectivity index (χ1v) is 13.3. The van der Waals surface area contributed by atoms with Crippen LogP contribution in [0.15, 0.2) is 22.2 Å². The van der Waals surface area contributed by atoms with E-state index in [9.17, 15) is 24.3 Å². The van der Waals surface area contributed by atoms with Crippen LogP contribution in [0, 0.1) is 0 Å². The van der Waals surface area contributed by atoms with Gasteiger partial charge in [-0.2, -0.15) is 4.98 Å². The quantitative estimate of drug-likeness (QED) is 0.222. The second kappa shape index (κ2) is 13.8. The summed E-state index contributed by atoms with van der Waals surface area (Å²) >= 11 is 0. The van der Waals surface area contributed by atoms with Gasteiger partial charge < -0.3 is 39.6 Å². The van der Waals surface area contributed by atoms with Crippen LogP contribution in [0.5, 0.6) is 0 Å². The summed E-state index contributed by atoms with van der Waals surface area (Å²) in [7, 11) is 2.82. The normalized spacial score (nSPS) is 13.5. The van der Waals surface area contributed by atoms with E-state index >= 15 is 0 Å². The number of nitrogens with zero attached hydrogens (tertiary/aromatic N) is 5. The number of carbonyl (C=O) groups excluding carboxylic acids is 2. The first kappa shape index (κ1) is 34.3. The number of aliphatic hydroxyl groups is 1. The summed E-state index contributed by atoms with van der Waals surface area (Å²) in [5.74, 6) is -1.43. The number of allylic oxidation sites excluding steroid dienone is 1. The van der Waals surface area contributed by atoms with Crippen molar-refractivity contribution in [2.75, 3.05) is 46.1 Å². The maximum atomic E-state index is 13.5. The third-order valence-electron chi connectivity index (χ3n) is 6.17. The monoisotopic (exact) mass is 597 g/mol. The summed E-state index contributed by atoms with van der Waals surface area (Å²) in [6.07, 6.45) is -2.04. The Bertz CT molecular complexity index is 1370. The van der Waals surface area contributed by atoms with Crippen LogP contribution in [0.2, 0.25) is 0 Å². The van der Waals surface area contributed by atoms with Gasteiger partial charge in [-0.05, 0) is 41.5 Å². The number of amides is 2. The minimum Gasteiger partial charge on any atom is -0.444 e. The number of H-pyrrole nitrogens is 1. The molecule has 0 aliphatic rings.